The van der Waals surface area contributed by atoms with Crippen molar-refractivity contribution in [1.29, 1.82) is 0 Å². The Balaban J connectivity index is 2.42. The van der Waals surface area contributed by atoms with Crippen LogP contribution in [0.15, 0.2) is 0 Å². The van der Waals surface area contributed by atoms with Crippen LogP contribution in [0.4, 0.5) is 22.0 Å². The number of amides is 1. The van der Waals surface area contributed by atoms with Crippen LogP contribution in [0.3, 0.4) is 0 Å². The lowest BCUT2D eigenvalue weighted by atomic mass is 10.1. The van der Waals surface area contributed by atoms with Gasteiger partial charge in [0.25, 0.3) is 5.91 Å². The lowest BCUT2D eigenvalue weighted by molar-refractivity contribution is 0.0941. The predicted octanol–water partition coefficient (Wildman–Crippen LogP) is 5.25. The average molecular weight is 351 g/mol. The molecule has 7 heteroatoms. The third-order valence-electron chi connectivity index (χ3n) is 3.75. The molecule has 0 spiro atoms. The molecule has 1 aromatic rings. The molecule has 0 aliphatic heterocycles. The molecule has 0 unspecified atom stereocenters. The summed E-state index contributed by atoms with van der Waals surface area (Å²) in [4.78, 5) is 11.7. The van der Waals surface area contributed by atoms with E-state index in [-0.39, 0.29) is 6.54 Å². The first-order chi connectivity index (χ1) is 11.4. The molecule has 0 aliphatic carbocycles. The van der Waals surface area contributed by atoms with Crippen molar-refractivity contribution in [3.63, 3.8) is 0 Å². The molecule has 136 valence electrons. The normalized spacial score (nSPS) is 10.9. The molecule has 1 aromatic carbocycles. The summed E-state index contributed by atoms with van der Waals surface area (Å²) in [6.45, 7) is 2.25. The minimum absolute atomic E-state index is 0.118. The summed E-state index contributed by atoms with van der Waals surface area (Å²) in [6, 6.07) is 0. The fourth-order valence-electron chi connectivity index (χ4n) is 2.35. The van der Waals surface area contributed by atoms with Crippen LogP contribution < -0.4 is 5.32 Å². The van der Waals surface area contributed by atoms with Gasteiger partial charge in [0.15, 0.2) is 23.3 Å². The molecule has 1 rings (SSSR count). The zero-order chi connectivity index (χ0) is 18.1. The first-order valence-corrected chi connectivity index (χ1v) is 8.21. The van der Waals surface area contributed by atoms with Crippen LogP contribution in [-0.4, -0.2) is 12.5 Å². The highest BCUT2D eigenvalue weighted by atomic mass is 19.2. The van der Waals surface area contributed by atoms with E-state index in [0.29, 0.717) is 6.42 Å². The van der Waals surface area contributed by atoms with Gasteiger partial charge in [0.2, 0.25) is 5.82 Å². The largest absolute Gasteiger partial charge is 0.352 e. The maximum Gasteiger partial charge on any atom is 0.257 e. The van der Waals surface area contributed by atoms with E-state index < -0.39 is 40.6 Å². The number of benzene rings is 1. The Hall–Kier alpha value is -1.66. The van der Waals surface area contributed by atoms with E-state index in [1.54, 1.807) is 0 Å². The first kappa shape index (κ1) is 20.4. The van der Waals surface area contributed by atoms with Gasteiger partial charge in [-0.1, -0.05) is 51.9 Å². The summed E-state index contributed by atoms with van der Waals surface area (Å²) >= 11 is 0. The molecule has 0 aromatic heterocycles. The Kier molecular flexibility index (Phi) is 8.71. The number of carbonyl (C=O) groups excluding carboxylic acids is 1. The number of halogens is 5. The Morgan fingerprint density at radius 2 is 1.12 bits per heavy atom. The molecule has 0 aliphatic rings. The van der Waals surface area contributed by atoms with Crippen molar-refractivity contribution in [2.45, 2.75) is 58.3 Å². The quantitative estimate of drug-likeness (QED) is 0.265. The second-order valence-electron chi connectivity index (χ2n) is 5.68. The topological polar surface area (TPSA) is 29.1 Å². The summed E-state index contributed by atoms with van der Waals surface area (Å²) in [5.74, 6) is -12.0. The van der Waals surface area contributed by atoms with Crippen LogP contribution >= 0.6 is 0 Å². The van der Waals surface area contributed by atoms with Gasteiger partial charge in [-0.3, -0.25) is 4.79 Å². The summed E-state index contributed by atoms with van der Waals surface area (Å²) in [5, 5.41) is 2.19. The van der Waals surface area contributed by atoms with Gasteiger partial charge in [-0.25, -0.2) is 22.0 Å². The van der Waals surface area contributed by atoms with Gasteiger partial charge in [0, 0.05) is 6.54 Å². The fourth-order valence-corrected chi connectivity index (χ4v) is 2.35. The smallest absolute Gasteiger partial charge is 0.257 e. The molecule has 0 saturated heterocycles. The number of rotatable bonds is 10. The molecule has 0 radical (unpaired) electrons. The van der Waals surface area contributed by atoms with Gasteiger partial charge in [-0.2, -0.15) is 0 Å². The van der Waals surface area contributed by atoms with Crippen molar-refractivity contribution in [2.24, 2.45) is 0 Å². The van der Waals surface area contributed by atoms with Gasteiger partial charge in [0.05, 0.1) is 0 Å². The number of unbranched alkanes of at least 4 members (excludes halogenated alkanes) is 7. The molecule has 24 heavy (non-hydrogen) atoms. The van der Waals surface area contributed by atoms with Crippen LogP contribution in [0, 0.1) is 29.1 Å². The van der Waals surface area contributed by atoms with E-state index in [4.69, 9.17) is 0 Å². The van der Waals surface area contributed by atoms with Gasteiger partial charge in [0.1, 0.15) is 5.56 Å². The van der Waals surface area contributed by atoms with Crippen molar-refractivity contribution >= 4 is 5.91 Å². The zero-order valence-corrected chi connectivity index (χ0v) is 13.7. The maximum absolute atomic E-state index is 13.4. The van der Waals surface area contributed by atoms with Crippen LogP contribution in [-0.2, 0) is 0 Å². The van der Waals surface area contributed by atoms with E-state index >= 15 is 0 Å². The van der Waals surface area contributed by atoms with E-state index in [9.17, 15) is 26.7 Å². The lowest BCUT2D eigenvalue weighted by Crippen LogP contribution is -2.28. The van der Waals surface area contributed by atoms with E-state index in [0.717, 1.165) is 25.7 Å². The van der Waals surface area contributed by atoms with Gasteiger partial charge >= 0.3 is 0 Å². The van der Waals surface area contributed by atoms with Crippen molar-refractivity contribution in [3.05, 3.63) is 34.6 Å². The Morgan fingerprint density at radius 1 is 0.708 bits per heavy atom. The molecule has 0 heterocycles. The second kappa shape index (κ2) is 10.3. The Labute approximate surface area is 138 Å². The number of hydrogen-bond acceptors (Lipinski definition) is 1. The number of nitrogens with one attached hydrogen (secondary N) is 1. The van der Waals surface area contributed by atoms with Crippen molar-refractivity contribution in [2.75, 3.05) is 6.54 Å². The molecule has 0 fully saturated rings. The van der Waals surface area contributed by atoms with E-state index in [1.807, 2.05) is 0 Å². The van der Waals surface area contributed by atoms with Crippen molar-refractivity contribution in [1.82, 2.24) is 5.32 Å². The van der Waals surface area contributed by atoms with Crippen molar-refractivity contribution in [3.8, 4) is 0 Å². The molecular formula is C17H22F5NO. The first-order valence-electron chi connectivity index (χ1n) is 8.21. The minimum atomic E-state index is -2.27. The highest BCUT2D eigenvalue weighted by Gasteiger charge is 2.29. The Bertz CT molecular complexity index is 533. The zero-order valence-electron chi connectivity index (χ0n) is 13.7. The fraction of sp³-hybridized carbons (Fsp3) is 0.588. The van der Waals surface area contributed by atoms with Crippen LogP contribution in [0.25, 0.3) is 0 Å². The maximum atomic E-state index is 13.4. The summed E-state index contributed by atoms with van der Waals surface area (Å²) in [6.07, 6.45) is 8.16. The summed E-state index contributed by atoms with van der Waals surface area (Å²) in [5.41, 5.74) is -1.44. The average Bonchev–Trinajstić information content (AvgIpc) is 2.57. The number of hydrogen-bond donors (Lipinski definition) is 1. The van der Waals surface area contributed by atoms with Gasteiger partial charge in [-0.05, 0) is 6.42 Å². The summed E-state index contributed by atoms with van der Waals surface area (Å²) in [7, 11) is 0. The highest BCUT2D eigenvalue weighted by molar-refractivity contribution is 5.94. The molecule has 0 atom stereocenters. The van der Waals surface area contributed by atoms with Crippen LogP contribution in [0.2, 0.25) is 0 Å². The minimum Gasteiger partial charge on any atom is -0.352 e. The third kappa shape index (κ3) is 5.46. The molecular weight excluding hydrogens is 329 g/mol. The summed E-state index contributed by atoms with van der Waals surface area (Å²) < 4.78 is 65.9. The number of carbonyl (C=O) groups is 1. The van der Waals surface area contributed by atoms with E-state index in [2.05, 4.69) is 12.2 Å². The monoisotopic (exact) mass is 351 g/mol. The van der Waals surface area contributed by atoms with E-state index in [1.165, 1.54) is 19.3 Å². The van der Waals surface area contributed by atoms with Gasteiger partial charge < -0.3 is 5.32 Å². The standard InChI is InChI=1S/C17H22F5NO/c1-2-3-4-5-6-7-8-9-10-23-17(24)11-12(18)14(20)16(22)15(21)13(11)19/h2-10H2,1H3,(H,23,24). The Morgan fingerprint density at radius 3 is 1.62 bits per heavy atom. The molecule has 2 nitrogen and oxygen atoms in total. The molecule has 1 N–H and O–H groups in total. The molecule has 0 saturated carbocycles. The molecule has 0 bridgehead atoms. The van der Waals surface area contributed by atoms with Crippen LogP contribution in [0.1, 0.15) is 68.6 Å². The van der Waals surface area contributed by atoms with Crippen molar-refractivity contribution < 1.29 is 26.7 Å². The van der Waals surface area contributed by atoms with Gasteiger partial charge in [-0.15, -0.1) is 0 Å². The predicted molar refractivity (Wildman–Crippen MR) is 81.2 cm³/mol. The highest BCUT2D eigenvalue weighted by Crippen LogP contribution is 2.22. The SMILES string of the molecule is CCCCCCCCCCNC(=O)c1c(F)c(F)c(F)c(F)c1F. The third-order valence-corrected chi connectivity index (χ3v) is 3.75. The second-order valence-corrected chi connectivity index (χ2v) is 5.68. The molecule has 1 amide bonds. The van der Waals surface area contributed by atoms with Crippen LogP contribution in [0.5, 0.6) is 0 Å². The lowest BCUT2D eigenvalue weighted by Gasteiger charge is -2.09.